The van der Waals surface area contributed by atoms with Crippen molar-refractivity contribution in [2.75, 3.05) is 13.2 Å². The molecular weight excluding hydrogens is 259 g/mol. The molecule has 0 radical (unpaired) electrons. The molecule has 0 fully saturated rings. The average Bonchev–Trinajstić information content (AvgIpc) is 2.56. The summed E-state index contributed by atoms with van der Waals surface area (Å²) in [5.41, 5.74) is 3.47. The Morgan fingerprint density at radius 2 is 1.33 bits per heavy atom. The Balaban J connectivity index is 2.31. The Bertz CT molecular complexity index is 520. The molecule has 0 aliphatic rings. The maximum Gasteiger partial charge on any atom is 0.494 e. The second-order valence-electron chi connectivity index (χ2n) is 5.03. The van der Waals surface area contributed by atoms with Crippen molar-refractivity contribution in [1.82, 2.24) is 0 Å². The molecule has 2 aromatic rings. The molecule has 2 rings (SSSR count). The smallest absolute Gasteiger partial charge is 0.407 e. The van der Waals surface area contributed by atoms with Crippen LogP contribution < -0.4 is 5.46 Å². The highest BCUT2D eigenvalue weighted by Gasteiger charge is 2.24. The lowest BCUT2D eigenvalue weighted by molar-refractivity contribution is 0.207. The van der Waals surface area contributed by atoms with E-state index in [4.69, 9.17) is 9.31 Å². The van der Waals surface area contributed by atoms with E-state index in [1.165, 1.54) is 11.1 Å². The van der Waals surface area contributed by atoms with E-state index in [1.807, 2.05) is 12.1 Å². The maximum absolute atomic E-state index is 5.92. The van der Waals surface area contributed by atoms with Crippen molar-refractivity contribution in [3.63, 3.8) is 0 Å². The highest BCUT2D eigenvalue weighted by molar-refractivity contribution is 6.63. The van der Waals surface area contributed by atoms with Gasteiger partial charge in [0.15, 0.2) is 0 Å². The molecule has 0 N–H and O–H groups in total. The van der Waals surface area contributed by atoms with Gasteiger partial charge in [0.05, 0.1) is 0 Å². The van der Waals surface area contributed by atoms with Crippen LogP contribution in [0.1, 0.15) is 26.7 Å². The lowest BCUT2D eigenvalue weighted by atomic mass is 9.74. The number of hydrogen-bond acceptors (Lipinski definition) is 2. The van der Waals surface area contributed by atoms with Crippen molar-refractivity contribution < 1.29 is 9.31 Å². The first kappa shape index (κ1) is 15.8. The summed E-state index contributed by atoms with van der Waals surface area (Å²) >= 11 is 0. The predicted octanol–water partition coefficient (Wildman–Crippen LogP) is 3.90. The quantitative estimate of drug-likeness (QED) is 0.684. The molecule has 0 unspecified atom stereocenters. The van der Waals surface area contributed by atoms with Crippen LogP contribution in [0.2, 0.25) is 0 Å². The van der Waals surface area contributed by atoms with Gasteiger partial charge in [-0.2, -0.15) is 0 Å². The molecule has 2 aromatic carbocycles. The van der Waals surface area contributed by atoms with Gasteiger partial charge in [-0.1, -0.05) is 68.4 Å². The van der Waals surface area contributed by atoms with Gasteiger partial charge in [0, 0.05) is 13.2 Å². The van der Waals surface area contributed by atoms with Crippen molar-refractivity contribution in [2.45, 2.75) is 26.7 Å². The number of hydrogen-bond donors (Lipinski definition) is 0. The van der Waals surface area contributed by atoms with Gasteiger partial charge >= 0.3 is 7.12 Å². The highest BCUT2D eigenvalue weighted by atomic mass is 16.6. The Morgan fingerprint density at radius 3 is 1.95 bits per heavy atom. The first-order chi connectivity index (χ1) is 10.4. The van der Waals surface area contributed by atoms with Crippen LogP contribution in [0.3, 0.4) is 0 Å². The molecule has 0 bridgehead atoms. The maximum atomic E-state index is 5.92. The monoisotopic (exact) mass is 282 g/mol. The van der Waals surface area contributed by atoms with E-state index < -0.39 is 0 Å². The van der Waals surface area contributed by atoms with E-state index in [0.717, 1.165) is 18.3 Å². The lowest BCUT2D eigenvalue weighted by Gasteiger charge is -2.17. The van der Waals surface area contributed by atoms with Gasteiger partial charge < -0.3 is 9.31 Å². The Hall–Kier alpha value is -1.58. The zero-order valence-corrected chi connectivity index (χ0v) is 12.9. The summed E-state index contributed by atoms with van der Waals surface area (Å²) in [4.78, 5) is 0. The van der Waals surface area contributed by atoms with Crippen molar-refractivity contribution in [3.8, 4) is 11.1 Å². The van der Waals surface area contributed by atoms with E-state index in [0.29, 0.717) is 13.2 Å². The number of benzene rings is 2. The second kappa shape index (κ2) is 8.65. The fourth-order valence-corrected chi connectivity index (χ4v) is 2.26. The molecule has 2 nitrogen and oxygen atoms in total. The molecule has 0 saturated carbocycles. The Morgan fingerprint density at radius 1 is 0.762 bits per heavy atom. The van der Waals surface area contributed by atoms with Crippen LogP contribution in [0.4, 0.5) is 0 Å². The zero-order chi connectivity index (χ0) is 14.9. The van der Waals surface area contributed by atoms with Crippen LogP contribution >= 0.6 is 0 Å². The molecule has 0 atom stereocenters. The molecule has 0 aromatic heterocycles. The molecule has 3 heteroatoms. The molecule has 110 valence electrons. The summed E-state index contributed by atoms with van der Waals surface area (Å²) in [7, 11) is -0.290. The van der Waals surface area contributed by atoms with E-state index in [1.54, 1.807) is 0 Å². The molecule has 0 aliphatic heterocycles. The summed E-state index contributed by atoms with van der Waals surface area (Å²) in [5.74, 6) is 0. The average molecular weight is 282 g/mol. The van der Waals surface area contributed by atoms with Gasteiger partial charge in [0.2, 0.25) is 0 Å². The molecular formula is C18H23BO2. The van der Waals surface area contributed by atoms with Crippen LogP contribution in [0.5, 0.6) is 0 Å². The predicted molar refractivity (Wildman–Crippen MR) is 89.8 cm³/mol. The highest BCUT2D eigenvalue weighted by Crippen LogP contribution is 2.17. The van der Waals surface area contributed by atoms with Crippen LogP contribution in [0.15, 0.2) is 54.6 Å². The minimum absolute atomic E-state index is 0.290. The van der Waals surface area contributed by atoms with Crippen molar-refractivity contribution in [3.05, 3.63) is 54.6 Å². The third-order valence-corrected chi connectivity index (χ3v) is 3.25. The summed E-state index contributed by atoms with van der Waals surface area (Å²) in [6.07, 6.45) is 1.97. The van der Waals surface area contributed by atoms with E-state index in [-0.39, 0.29) is 7.12 Å². The van der Waals surface area contributed by atoms with Gasteiger partial charge in [0.1, 0.15) is 0 Å². The zero-order valence-electron chi connectivity index (χ0n) is 12.9. The molecule has 0 aliphatic carbocycles. The van der Waals surface area contributed by atoms with Gasteiger partial charge in [-0.15, -0.1) is 0 Å². The third-order valence-electron chi connectivity index (χ3n) is 3.25. The summed E-state index contributed by atoms with van der Waals surface area (Å²) in [6.45, 7) is 5.63. The van der Waals surface area contributed by atoms with E-state index in [9.17, 15) is 0 Å². The van der Waals surface area contributed by atoms with Gasteiger partial charge in [-0.05, 0) is 29.4 Å². The summed E-state index contributed by atoms with van der Waals surface area (Å²) in [6, 6.07) is 18.7. The Kier molecular flexibility index (Phi) is 6.51. The molecule has 0 amide bonds. The minimum atomic E-state index is -0.290. The number of rotatable bonds is 8. The van der Waals surface area contributed by atoms with E-state index in [2.05, 4.69) is 56.3 Å². The largest absolute Gasteiger partial charge is 0.494 e. The lowest BCUT2D eigenvalue weighted by Crippen LogP contribution is -2.38. The van der Waals surface area contributed by atoms with Gasteiger partial charge in [0.25, 0.3) is 0 Å². The van der Waals surface area contributed by atoms with Crippen molar-refractivity contribution >= 4 is 12.6 Å². The second-order valence-corrected chi connectivity index (χ2v) is 5.03. The molecule has 0 heterocycles. The normalized spacial score (nSPS) is 10.6. The summed E-state index contributed by atoms with van der Waals surface area (Å²) in [5, 5.41) is 0. The van der Waals surface area contributed by atoms with Crippen molar-refractivity contribution in [1.29, 1.82) is 0 Å². The van der Waals surface area contributed by atoms with Crippen LogP contribution in [-0.2, 0) is 9.31 Å². The molecule has 21 heavy (non-hydrogen) atoms. The minimum Gasteiger partial charge on any atom is -0.407 e. The fourth-order valence-electron chi connectivity index (χ4n) is 2.26. The Labute approximate surface area is 128 Å². The first-order valence-electron chi connectivity index (χ1n) is 7.74. The van der Waals surface area contributed by atoms with E-state index >= 15 is 0 Å². The fraction of sp³-hybridized carbons (Fsp3) is 0.333. The third kappa shape index (κ3) is 4.45. The summed E-state index contributed by atoms with van der Waals surface area (Å²) < 4.78 is 11.8. The molecule has 0 spiro atoms. The van der Waals surface area contributed by atoms with Crippen LogP contribution in [-0.4, -0.2) is 20.3 Å². The van der Waals surface area contributed by atoms with Crippen LogP contribution in [0.25, 0.3) is 11.1 Å². The van der Waals surface area contributed by atoms with Gasteiger partial charge in [-0.3, -0.25) is 0 Å². The van der Waals surface area contributed by atoms with Gasteiger partial charge in [-0.25, -0.2) is 0 Å². The molecule has 0 saturated heterocycles. The standard InChI is InChI=1S/C18H23BO2/c1-3-14-20-19(21-15-4-2)18-13-9-8-12-17(18)16-10-6-5-7-11-16/h5-13H,3-4,14-15H2,1-2H3. The van der Waals surface area contributed by atoms with Crippen LogP contribution in [0, 0.1) is 0 Å². The van der Waals surface area contributed by atoms with Crippen molar-refractivity contribution in [2.24, 2.45) is 0 Å². The SMILES string of the molecule is CCCOB(OCCC)c1ccccc1-c1ccccc1. The first-order valence-corrected chi connectivity index (χ1v) is 7.74. The topological polar surface area (TPSA) is 18.5 Å².